The highest BCUT2D eigenvalue weighted by Crippen LogP contribution is 2.41. The van der Waals surface area contributed by atoms with Gasteiger partial charge in [0.05, 0.1) is 0 Å². The van der Waals surface area contributed by atoms with Gasteiger partial charge in [-0.2, -0.15) is 0 Å². The molecule has 1 rings (SSSR count). The molecule has 0 radical (unpaired) electrons. The lowest BCUT2D eigenvalue weighted by Crippen LogP contribution is -2.37. The molecule has 14 heavy (non-hydrogen) atoms. The fourth-order valence-electron chi connectivity index (χ4n) is 2.14. The van der Waals surface area contributed by atoms with Crippen molar-refractivity contribution >= 4 is 15.9 Å². The molecule has 0 aromatic rings. The van der Waals surface area contributed by atoms with Crippen LogP contribution < -0.4 is 0 Å². The minimum Gasteiger partial charge on any atom is -0.385 e. The van der Waals surface area contributed by atoms with Crippen LogP contribution in [-0.2, 0) is 9.47 Å². The smallest absolute Gasteiger partial charge is 0.0471 e. The van der Waals surface area contributed by atoms with E-state index < -0.39 is 0 Å². The maximum atomic E-state index is 5.43. The van der Waals surface area contributed by atoms with Crippen LogP contribution in [0.25, 0.3) is 0 Å². The van der Waals surface area contributed by atoms with Crippen molar-refractivity contribution in [2.75, 3.05) is 32.3 Å². The van der Waals surface area contributed by atoms with Crippen LogP contribution in [0.1, 0.15) is 26.2 Å². The number of rotatable bonds is 5. The molecule has 1 unspecified atom stereocenters. The fourth-order valence-corrected chi connectivity index (χ4v) is 3.25. The number of methoxy groups -OCH3 is 1. The minimum atomic E-state index is 0.441. The van der Waals surface area contributed by atoms with Crippen molar-refractivity contribution in [3.63, 3.8) is 0 Å². The Morgan fingerprint density at radius 2 is 2.07 bits per heavy atom. The molecule has 0 amide bonds. The van der Waals surface area contributed by atoms with E-state index in [-0.39, 0.29) is 0 Å². The van der Waals surface area contributed by atoms with Gasteiger partial charge in [-0.3, -0.25) is 0 Å². The van der Waals surface area contributed by atoms with Gasteiger partial charge >= 0.3 is 0 Å². The van der Waals surface area contributed by atoms with Gasteiger partial charge in [-0.15, -0.1) is 0 Å². The molecule has 0 saturated carbocycles. The SMILES string of the molecule is COCCC(C)C1(CBr)CCOCC1. The summed E-state index contributed by atoms with van der Waals surface area (Å²) < 4.78 is 10.6. The Kier molecular flexibility index (Phi) is 5.42. The molecular formula is C11H21BrO2. The fraction of sp³-hybridized carbons (Fsp3) is 1.00. The zero-order valence-corrected chi connectivity index (χ0v) is 10.8. The number of hydrogen-bond donors (Lipinski definition) is 0. The Labute approximate surface area is 95.5 Å². The van der Waals surface area contributed by atoms with E-state index in [2.05, 4.69) is 22.9 Å². The Balaban J connectivity index is 2.48. The van der Waals surface area contributed by atoms with Crippen LogP contribution in [0.5, 0.6) is 0 Å². The van der Waals surface area contributed by atoms with Crippen LogP contribution in [0.2, 0.25) is 0 Å². The normalized spacial score (nSPS) is 23.4. The number of hydrogen-bond acceptors (Lipinski definition) is 2. The third-order valence-electron chi connectivity index (χ3n) is 3.56. The molecular weight excluding hydrogens is 244 g/mol. The van der Waals surface area contributed by atoms with Gasteiger partial charge < -0.3 is 9.47 Å². The molecule has 1 fully saturated rings. The second-order valence-corrected chi connectivity index (χ2v) is 4.85. The van der Waals surface area contributed by atoms with Gasteiger partial charge in [-0.1, -0.05) is 22.9 Å². The molecule has 0 aromatic carbocycles. The summed E-state index contributed by atoms with van der Waals surface area (Å²) in [6.07, 6.45) is 3.52. The summed E-state index contributed by atoms with van der Waals surface area (Å²) in [5.41, 5.74) is 0.441. The first kappa shape index (κ1) is 12.5. The van der Waals surface area contributed by atoms with Crippen LogP contribution >= 0.6 is 15.9 Å². The monoisotopic (exact) mass is 264 g/mol. The van der Waals surface area contributed by atoms with Crippen molar-refractivity contribution in [1.82, 2.24) is 0 Å². The Morgan fingerprint density at radius 1 is 1.43 bits per heavy atom. The van der Waals surface area contributed by atoms with Crippen molar-refractivity contribution < 1.29 is 9.47 Å². The average Bonchev–Trinajstić information content (AvgIpc) is 2.26. The van der Waals surface area contributed by atoms with Crippen molar-refractivity contribution in [2.24, 2.45) is 11.3 Å². The van der Waals surface area contributed by atoms with Gasteiger partial charge in [0.15, 0.2) is 0 Å². The lowest BCUT2D eigenvalue weighted by Gasteiger charge is -2.41. The Hall–Kier alpha value is 0.400. The minimum absolute atomic E-state index is 0.441. The highest BCUT2D eigenvalue weighted by Gasteiger charge is 2.36. The predicted octanol–water partition coefficient (Wildman–Crippen LogP) is 2.85. The van der Waals surface area contributed by atoms with E-state index >= 15 is 0 Å². The van der Waals surface area contributed by atoms with Crippen molar-refractivity contribution in [3.05, 3.63) is 0 Å². The zero-order chi connectivity index (χ0) is 10.4. The molecule has 0 spiro atoms. The van der Waals surface area contributed by atoms with E-state index in [9.17, 15) is 0 Å². The molecule has 0 bridgehead atoms. The molecule has 84 valence electrons. The molecule has 1 saturated heterocycles. The highest BCUT2D eigenvalue weighted by atomic mass is 79.9. The molecule has 1 aliphatic heterocycles. The number of alkyl halides is 1. The second-order valence-electron chi connectivity index (χ2n) is 4.29. The number of ether oxygens (including phenoxy) is 2. The van der Waals surface area contributed by atoms with Gasteiger partial charge in [0.2, 0.25) is 0 Å². The standard InChI is InChI=1S/C11H21BrO2/c1-10(3-6-13-2)11(9-12)4-7-14-8-5-11/h10H,3-9H2,1-2H3. The highest BCUT2D eigenvalue weighted by molar-refractivity contribution is 9.09. The predicted molar refractivity (Wildman–Crippen MR) is 61.9 cm³/mol. The summed E-state index contributed by atoms with van der Waals surface area (Å²) in [6, 6.07) is 0. The Bertz CT molecular complexity index is 155. The van der Waals surface area contributed by atoms with Gasteiger partial charge in [0.25, 0.3) is 0 Å². The van der Waals surface area contributed by atoms with E-state index in [4.69, 9.17) is 9.47 Å². The van der Waals surface area contributed by atoms with Crippen LogP contribution in [0.15, 0.2) is 0 Å². The van der Waals surface area contributed by atoms with Gasteiger partial charge in [0, 0.05) is 32.3 Å². The maximum absolute atomic E-state index is 5.43. The van der Waals surface area contributed by atoms with Gasteiger partial charge in [0.1, 0.15) is 0 Å². The largest absolute Gasteiger partial charge is 0.385 e. The first-order valence-corrected chi connectivity index (χ1v) is 6.50. The summed E-state index contributed by atoms with van der Waals surface area (Å²) in [5.74, 6) is 0.714. The average molecular weight is 265 g/mol. The van der Waals surface area contributed by atoms with E-state index in [1.165, 1.54) is 12.8 Å². The van der Waals surface area contributed by atoms with E-state index in [0.29, 0.717) is 11.3 Å². The lowest BCUT2D eigenvalue weighted by atomic mass is 9.71. The van der Waals surface area contributed by atoms with Gasteiger partial charge in [-0.25, -0.2) is 0 Å². The summed E-state index contributed by atoms with van der Waals surface area (Å²) in [6.45, 7) is 5.05. The third kappa shape index (κ3) is 2.94. The third-order valence-corrected chi connectivity index (χ3v) is 4.67. The first-order valence-electron chi connectivity index (χ1n) is 5.38. The summed E-state index contributed by atoms with van der Waals surface area (Å²) in [4.78, 5) is 0. The van der Waals surface area contributed by atoms with E-state index in [1.807, 2.05) is 0 Å². The summed E-state index contributed by atoms with van der Waals surface area (Å²) in [7, 11) is 1.78. The second kappa shape index (κ2) is 6.09. The van der Waals surface area contributed by atoms with Gasteiger partial charge in [-0.05, 0) is 30.6 Å². The summed E-state index contributed by atoms with van der Waals surface area (Å²) in [5, 5.41) is 1.09. The molecule has 1 aliphatic rings. The van der Waals surface area contributed by atoms with E-state index in [1.54, 1.807) is 7.11 Å². The molecule has 3 heteroatoms. The molecule has 0 aromatic heterocycles. The van der Waals surface area contributed by atoms with Crippen molar-refractivity contribution in [1.29, 1.82) is 0 Å². The Morgan fingerprint density at radius 3 is 2.57 bits per heavy atom. The topological polar surface area (TPSA) is 18.5 Å². The zero-order valence-electron chi connectivity index (χ0n) is 9.22. The van der Waals surface area contributed by atoms with Crippen LogP contribution in [0.3, 0.4) is 0 Å². The molecule has 0 N–H and O–H groups in total. The molecule has 1 heterocycles. The maximum Gasteiger partial charge on any atom is 0.0471 e. The quantitative estimate of drug-likeness (QED) is 0.712. The van der Waals surface area contributed by atoms with Crippen LogP contribution in [0.4, 0.5) is 0 Å². The van der Waals surface area contributed by atoms with Crippen molar-refractivity contribution in [2.45, 2.75) is 26.2 Å². The summed E-state index contributed by atoms with van der Waals surface area (Å²) >= 11 is 3.66. The van der Waals surface area contributed by atoms with E-state index in [0.717, 1.165) is 31.6 Å². The van der Waals surface area contributed by atoms with Crippen molar-refractivity contribution in [3.8, 4) is 0 Å². The molecule has 2 nitrogen and oxygen atoms in total. The van der Waals surface area contributed by atoms with Crippen LogP contribution in [0, 0.1) is 11.3 Å². The first-order chi connectivity index (χ1) is 6.75. The molecule has 1 atom stereocenters. The molecule has 0 aliphatic carbocycles. The lowest BCUT2D eigenvalue weighted by molar-refractivity contribution is -0.00711. The van der Waals surface area contributed by atoms with Crippen LogP contribution in [-0.4, -0.2) is 32.3 Å². The number of halogens is 1.